The predicted molar refractivity (Wildman–Crippen MR) is 61.8 cm³/mol. The molecule has 1 aliphatic rings. The summed E-state index contributed by atoms with van der Waals surface area (Å²) >= 11 is 0. The summed E-state index contributed by atoms with van der Waals surface area (Å²) in [6.45, 7) is 5.11. The summed E-state index contributed by atoms with van der Waals surface area (Å²) in [5, 5.41) is 4.50. The molecule has 0 amide bonds. The average molecular weight is 207 g/mol. The molecule has 0 aromatic carbocycles. The minimum absolute atomic E-state index is 0.118. The van der Waals surface area contributed by atoms with E-state index in [0.29, 0.717) is 12.5 Å². The van der Waals surface area contributed by atoms with Crippen LogP contribution in [0.2, 0.25) is 0 Å². The van der Waals surface area contributed by atoms with Gasteiger partial charge in [0.25, 0.3) is 0 Å². The second kappa shape index (κ2) is 3.97. The van der Waals surface area contributed by atoms with E-state index in [1.54, 1.807) is 0 Å². The lowest BCUT2D eigenvalue weighted by Gasteiger charge is -2.27. The molecule has 1 aromatic rings. The minimum atomic E-state index is 0.118. The molecule has 1 aromatic heterocycles. The molecular weight excluding hydrogens is 186 g/mol. The quantitative estimate of drug-likeness (QED) is 0.826. The van der Waals surface area contributed by atoms with E-state index in [9.17, 15) is 0 Å². The first-order valence-electron chi connectivity index (χ1n) is 5.93. The van der Waals surface area contributed by atoms with Gasteiger partial charge in [-0.25, -0.2) is 0 Å². The number of nitrogens with zero attached hydrogens (tertiary/aromatic N) is 2. The van der Waals surface area contributed by atoms with E-state index in [-0.39, 0.29) is 5.54 Å². The number of rotatable bonds is 3. The zero-order valence-corrected chi connectivity index (χ0v) is 9.74. The number of nitrogens with two attached hydrogens (primary N) is 1. The normalized spacial score (nSPS) is 20.0. The van der Waals surface area contributed by atoms with E-state index < -0.39 is 0 Å². The summed E-state index contributed by atoms with van der Waals surface area (Å²) in [7, 11) is 0. The van der Waals surface area contributed by atoms with Crippen LogP contribution in [0.25, 0.3) is 0 Å². The van der Waals surface area contributed by atoms with Gasteiger partial charge in [0, 0.05) is 12.7 Å². The maximum absolute atomic E-state index is 5.93. The topological polar surface area (TPSA) is 43.8 Å². The molecule has 3 heteroatoms. The fraction of sp³-hybridized carbons (Fsp3) is 0.750. The molecule has 2 N–H and O–H groups in total. The molecule has 1 saturated carbocycles. The lowest BCUT2D eigenvalue weighted by molar-refractivity contribution is 0.273. The van der Waals surface area contributed by atoms with Crippen molar-refractivity contribution in [2.24, 2.45) is 5.73 Å². The highest BCUT2D eigenvalue weighted by atomic mass is 15.3. The molecule has 0 bridgehead atoms. The summed E-state index contributed by atoms with van der Waals surface area (Å²) < 4.78 is 2.12. The van der Waals surface area contributed by atoms with Gasteiger partial charge in [0.1, 0.15) is 0 Å². The van der Waals surface area contributed by atoms with E-state index in [1.165, 1.54) is 31.2 Å². The largest absolute Gasteiger partial charge is 0.328 e. The summed E-state index contributed by atoms with van der Waals surface area (Å²) in [5.74, 6) is 0.551. The Bertz CT molecular complexity index is 321. The van der Waals surface area contributed by atoms with E-state index in [4.69, 9.17) is 5.73 Å². The first-order valence-corrected chi connectivity index (χ1v) is 5.93. The molecule has 1 heterocycles. The van der Waals surface area contributed by atoms with Gasteiger partial charge in [-0.05, 0) is 24.3 Å². The van der Waals surface area contributed by atoms with Gasteiger partial charge in [-0.3, -0.25) is 4.68 Å². The smallest absolute Gasteiger partial charge is 0.0749 e. The molecule has 84 valence electrons. The lowest BCUT2D eigenvalue weighted by atomic mass is 9.98. The second-order valence-electron chi connectivity index (χ2n) is 5.01. The Morgan fingerprint density at radius 2 is 2.13 bits per heavy atom. The van der Waals surface area contributed by atoms with E-state index in [0.717, 1.165) is 0 Å². The highest BCUT2D eigenvalue weighted by molar-refractivity contribution is 5.11. The molecule has 0 atom stereocenters. The molecule has 0 unspecified atom stereocenters. The fourth-order valence-electron chi connectivity index (χ4n) is 2.45. The van der Waals surface area contributed by atoms with Crippen molar-refractivity contribution < 1.29 is 0 Å². The second-order valence-corrected chi connectivity index (χ2v) is 5.01. The van der Waals surface area contributed by atoms with Crippen LogP contribution in [0.1, 0.15) is 51.0 Å². The molecule has 0 spiro atoms. The van der Waals surface area contributed by atoms with E-state index in [2.05, 4.69) is 29.8 Å². The average Bonchev–Trinajstić information content (AvgIpc) is 2.87. The minimum Gasteiger partial charge on any atom is -0.328 e. The predicted octanol–water partition coefficient (Wildman–Crippen LogP) is 2.23. The van der Waals surface area contributed by atoms with Gasteiger partial charge >= 0.3 is 0 Å². The van der Waals surface area contributed by atoms with Crippen molar-refractivity contribution in [2.75, 3.05) is 6.54 Å². The molecule has 15 heavy (non-hydrogen) atoms. The highest BCUT2D eigenvalue weighted by Crippen LogP contribution is 2.35. The number of hydrogen-bond acceptors (Lipinski definition) is 2. The molecular formula is C12H21N3. The van der Waals surface area contributed by atoms with Crippen LogP contribution in [-0.2, 0) is 5.54 Å². The van der Waals surface area contributed by atoms with E-state index >= 15 is 0 Å². The summed E-state index contributed by atoms with van der Waals surface area (Å²) in [6, 6.07) is 0. The van der Waals surface area contributed by atoms with Crippen LogP contribution in [0, 0.1) is 0 Å². The Kier molecular flexibility index (Phi) is 2.83. The van der Waals surface area contributed by atoms with Crippen molar-refractivity contribution in [3.05, 3.63) is 18.0 Å². The third-order valence-electron chi connectivity index (χ3n) is 3.67. The summed E-state index contributed by atoms with van der Waals surface area (Å²) in [5.41, 5.74) is 7.36. The zero-order chi connectivity index (χ0) is 10.9. The third-order valence-corrected chi connectivity index (χ3v) is 3.67. The number of aromatic nitrogens is 2. The standard InChI is InChI=1S/C12H21N3/c1-10(2)11-7-14-15(8-11)12(9-13)5-3-4-6-12/h7-8,10H,3-6,9,13H2,1-2H3. The Balaban J connectivity index is 2.27. The van der Waals surface area contributed by atoms with Crippen LogP contribution in [0.5, 0.6) is 0 Å². The first kappa shape index (κ1) is 10.7. The van der Waals surface area contributed by atoms with Crippen molar-refractivity contribution >= 4 is 0 Å². The monoisotopic (exact) mass is 207 g/mol. The Morgan fingerprint density at radius 3 is 2.60 bits per heavy atom. The fourth-order valence-corrected chi connectivity index (χ4v) is 2.45. The molecule has 0 aliphatic heterocycles. The van der Waals surface area contributed by atoms with Crippen molar-refractivity contribution in [1.29, 1.82) is 0 Å². The van der Waals surface area contributed by atoms with Crippen LogP contribution in [0.15, 0.2) is 12.4 Å². The summed E-state index contributed by atoms with van der Waals surface area (Å²) in [6.07, 6.45) is 9.11. The van der Waals surface area contributed by atoms with Crippen molar-refractivity contribution in [2.45, 2.75) is 51.0 Å². The van der Waals surface area contributed by atoms with Gasteiger partial charge in [0.15, 0.2) is 0 Å². The van der Waals surface area contributed by atoms with Crippen molar-refractivity contribution in [3.8, 4) is 0 Å². The molecule has 3 nitrogen and oxygen atoms in total. The van der Waals surface area contributed by atoms with E-state index in [1.807, 2.05) is 6.20 Å². The molecule has 0 saturated heterocycles. The van der Waals surface area contributed by atoms with Crippen LogP contribution in [0.4, 0.5) is 0 Å². The maximum atomic E-state index is 5.93. The van der Waals surface area contributed by atoms with Gasteiger partial charge in [-0.1, -0.05) is 26.7 Å². The maximum Gasteiger partial charge on any atom is 0.0749 e. The Morgan fingerprint density at radius 1 is 1.47 bits per heavy atom. The van der Waals surface area contributed by atoms with Gasteiger partial charge in [-0.2, -0.15) is 5.10 Å². The van der Waals surface area contributed by atoms with Gasteiger partial charge in [0.05, 0.1) is 11.7 Å². The van der Waals surface area contributed by atoms with Crippen molar-refractivity contribution in [1.82, 2.24) is 9.78 Å². The van der Waals surface area contributed by atoms with Crippen LogP contribution in [0.3, 0.4) is 0 Å². The van der Waals surface area contributed by atoms with Gasteiger partial charge in [0.2, 0.25) is 0 Å². The van der Waals surface area contributed by atoms with Crippen LogP contribution in [-0.4, -0.2) is 16.3 Å². The Labute approximate surface area is 91.7 Å². The SMILES string of the molecule is CC(C)c1cnn(C2(CN)CCCC2)c1. The van der Waals surface area contributed by atoms with Crippen molar-refractivity contribution in [3.63, 3.8) is 0 Å². The molecule has 1 aliphatic carbocycles. The van der Waals surface area contributed by atoms with Crippen LogP contribution < -0.4 is 5.73 Å². The summed E-state index contributed by atoms with van der Waals surface area (Å²) in [4.78, 5) is 0. The molecule has 0 radical (unpaired) electrons. The van der Waals surface area contributed by atoms with Gasteiger partial charge in [-0.15, -0.1) is 0 Å². The zero-order valence-electron chi connectivity index (χ0n) is 9.74. The lowest BCUT2D eigenvalue weighted by Crippen LogP contribution is -2.38. The third kappa shape index (κ3) is 1.81. The first-order chi connectivity index (χ1) is 7.18. The Hall–Kier alpha value is -0.830. The van der Waals surface area contributed by atoms with Crippen LogP contribution >= 0.6 is 0 Å². The van der Waals surface area contributed by atoms with Gasteiger partial charge < -0.3 is 5.73 Å². The molecule has 2 rings (SSSR count). The number of hydrogen-bond donors (Lipinski definition) is 1. The molecule has 1 fully saturated rings. The highest BCUT2D eigenvalue weighted by Gasteiger charge is 2.35.